The summed E-state index contributed by atoms with van der Waals surface area (Å²) < 4.78 is 11.0. The number of carbonyl (C=O) groups is 3. The molecule has 0 spiro atoms. The number of ether oxygens (including phenoxy) is 2. The van der Waals surface area contributed by atoms with Crippen molar-refractivity contribution in [2.75, 3.05) is 19.1 Å². The van der Waals surface area contributed by atoms with E-state index in [1.54, 1.807) is 51.5 Å². The summed E-state index contributed by atoms with van der Waals surface area (Å²) >= 11 is 0. The van der Waals surface area contributed by atoms with Crippen molar-refractivity contribution in [3.05, 3.63) is 165 Å². The van der Waals surface area contributed by atoms with Crippen molar-refractivity contribution in [1.29, 1.82) is 0 Å². The fourth-order valence-corrected chi connectivity index (χ4v) is 8.85. The van der Waals surface area contributed by atoms with E-state index in [4.69, 9.17) is 9.47 Å². The number of Topliss-reactive ketones (excluding diaryl/α,β-unsaturated/α-hetero) is 1. The van der Waals surface area contributed by atoms with Gasteiger partial charge in [0.2, 0.25) is 11.8 Å². The molecule has 9 nitrogen and oxygen atoms in total. The van der Waals surface area contributed by atoms with Gasteiger partial charge in [-0.2, -0.15) is 0 Å². The Bertz CT molecular complexity index is 2160. The second kappa shape index (κ2) is 11.6. The predicted molar refractivity (Wildman–Crippen MR) is 191 cm³/mol. The molecule has 5 aromatic carbocycles. The van der Waals surface area contributed by atoms with Crippen LogP contribution in [0.5, 0.6) is 11.5 Å². The maximum atomic E-state index is 16.1. The fraction of sp³-hybridized carbons (Fsp3) is 0.167. The molecule has 2 amide bonds. The third kappa shape index (κ3) is 4.18. The Balaban J connectivity index is 1.54. The molecule has 8 rings (SSSR count). The first-order chi connectivity index (χ1) is 24.7. The summed E-state index contributed by atoms with van der Waals surface area (Å²) in [5, 5.41) is 12.4. The number of methoxy groups -OCH3 is 2. The molecule has 4 atom stereocenters. The van der Waals surface area contributed by atoms with Crippen LogP contribution in [0.15, 0.2) is 127 Å². The molecule has 0 radical (unpaired) electrons. The van der Waals surface area contributed by atoms with E-state index in [0.717, 1.165) is 4.90 Å². The number of benzene rings is 5. The Kier molecular flexibility index (Phi) is 7.27. The van der Waals surface area contributed by atoms with Crippen LogP contribution in [-0.4, -0.2) is 36.7 Å². The van der Waals surface area contributed by atoms with Crippen molar-refractivity contribution in [2.45, 2.75) is 17.8 Å². The molecule has 2 aliphatic carbocycles. The first kappa shape index (κ1) is 31.9. The standard InChI is InChI=1S/C42H32N2O7/c1-25-14-23-32(33(24-25)44(48)49)43-38(45)36-37(39(43)46)42(29-12-8-5-9-13-29)35(27-17-21-31(51-3)22-18-27)34(26-15-19-30(50-2)20-16-26)41(36,40(42)47)28-10-6-4-7-11-28/h4-24,36-37H,1-3H3/t36-,37+,41-,42-/m0/s1. The largest absolute Gasteiger partial charge is 0.497 e. The molecule has 9 heteroatoms. The summed E-state index contributed by atoms with van der Waals surface area (Å²) in [5.41, 5.74) is 0.450. The Morgan fingerprint density at radius 2 is 1.06 bits per heavy atom. The van der Waals surface area contributed by atoms with Gasteiger partial charge >= 0.3 is 0 Å². The van der Waals surface area contributed by atoms with Crippen molar-refractivity contribution < 1.29 is 28.8 Å². The minimum absolute atomic E-state index is 0.120. The number of nitro groups is 1. The van der Waals surface area contributed by atoms with E-state index in [9.17, 15) is 10.1 Å². The molecular weight excluding hydrogens is 644 g/mol. The zero-order valence-electron chi connectivity index (χ0n) is 28.0. The van der Waals surface area contributed by atoms with Crippen molar-refractivity contribution in [2.24, 2.45) is 11.8 Å². The van der Waals surface area contributed by atoms with Gasteiger partial charge in [-0.1, -0.05) is 91.0 Å². The third-order valence-corrected chi connectivity index (χ3v) is 10.8. The topological polar surface area (TPSA) is 116 Å². The molecule has 252 valence electrons. The van der Waals surface area contributed by atoms with Crippen molar-refractivity contribution >= 4 is 40.1 Å². The molecule has 0 N–H and O–H groups in total. The molecule has 1 saturated heterocycles. The SMILES string of the molecule is COc1ccc(C2=C(c3ccc(OC)cc3)[C@]3(c4ccccc4)C(=O)[C@]2(c2ccccc2)[C@@H]2C(=O)N(c4ccc(C)cc4[N+](=O)[O-])C(=O)[C@@H]23)cc1. The maximum absolute atomic E-state index is 16.1. The Labute approximate surface area is 293 Å². The van der Waals surface area contributed by atoms with E-state index in [2.05, 4.69) is 0 Å². The molecule has 0 aromatic heterocycles. The average Bonchev–Trinajstić information content (AvgIpc) is 3.67. The molecule has 5 aromatic rings. The predicted octanol–water partition coefficient (Wildman–Crippen LogP) is 7.11. The molecule has 3 aliphatic rings. The number of aryl methyl sites for hydroxylation is 1. The molecule has 0 unspecified atom stereocenters. The van der Waals surface area contributed by atoms with E-state index in [1.807, 2.05) is 84.9 Å². The fourth-order valence-electron chi connectivity index (χ4n) is 8.85. The van der Waals surface area contributed by atoms with E-state index in [1.165, 1.54) is 12.1 Å². The number of ketones is 1. The lowest BCUT2D eigenvalue weighted by Crippen LogP contribution is -2.45. The number of fused-ring (bicyclic) bond motifs is 5. The van der Waals surface area contributed by atoms with Crippen LogP contribution in [0.2, 0.25) is 0 Å². The normalized spacial score (nSPS) is 23.5. The monoisotopic (exact) mass is 676 g/mol. The van der Waals surface area contributed by atoms with Gasteiger partial charge < -0.3 is 9.47 Å². The van der Waals surface area contributed by atoms with E-state index >= 15 is 14.4 Å². The van der Waals surface area contributed by atoms with Crippen LogP contribution >= 0.6 is 0 Å². The van der Waals surface area contributed by atoms with Crippen LogP contribution in [0, 0.1) is 28.9 Å². The third-order valence-electron chi connectivity index (χ3n) is 10.8. The highest BCUT2D eigenvalue weighted by Gasteiger charge is 2.83. The average molecular weight is 677 g/mol. The van der Waals surface area contributed by atoms with Crippen LogP contribution in [0.25, 0.3) is 11.1 Å². The van der Waals surface area contributed by atoms with Gasteiger partial charge in [0, 0.05) is 6.07 Å². The lowest BCUT2D eigenvalue weighted by molar-refractivity contribution is -0.384. The summed E-state index contributed by atoms with van der Waals surface area (Å²) in [5.74, 6) is -2.85. The lowest BCUT2D eigenvalue weighted by Gasteiger charge is -2.39. The minimum Gasteiger partial charge on any atom is -0.497 e. The Morgan fingerprint density at radius 1 is 0.627 bits per heavy atom. The van der Waals surface area contributed by atoms with Crippen molar-refractivity contribution in [3.63, 3.8) is 0 Å². The summed E-state index contributed by atoms with van der Waals surface area (Å²) in [6, 6.07) is 37.4. The van der Waals surface area contributed by atoms with Crippen LogP contribution < -0.4 is 14.4 Å². The summed E-state index contributed by atoms with van der Waals surface area (Å²) in [6.45, 7) is 1.71. The number of imide groups is 1. The van der Waals surface area contributed by atoms with Gasteiger partial charge in [0.1, 0.15) is 17.2 Å². The van der Waals surface area contributed by atoms with Crippen LogP contribution in [0.1, 0.15) is 27.8 Å². The molecule has 51 heavy (non-hydrogen) atoms. The zero-order chi connectivity index (χ0) is 35.7. The summed E-state index contributed by atoms with van der Waals surface area (Å²) in [4.78, 5) is 59.3. The van der Waals surface area contributed by atoms with Crippen LogP contribution in [0.3, 0.4) is 0 Å². The number of hydrogen-bond acceptors (Lipinski definition) is 7. The van der Waals surface area contributed by atoms with Gasteiger partial charge in [0.05, 0.1) is 41.8 Å². The number of amides is 2. The second-order valence-corrected chi connectivity index (χ2v) is 13.1. The van der Waals surface area contributed by atoms with Crippen LogP contribution in [-0.2, 0) is 25.2 Å². The zero-order valence-corrected chi connectivity index (χ0v) is 28.0. The molecule has 1 heterocycles. The quantitative estimate of drug-likeness (QED) is 0.0977. The number of nitro benzene ring substituents is 1. The summed E-state index contributed by atoms with van der Waals surface area (Å²) in [6.07, 6.45) is 0. The number of hydrogen-bond donors (Lipinski definition) is 0. The Morgan fingerprint density at radius 3 is 1.45 bits per heavy atom. The number of nitrogens with zero attached hydrogens (tertiary/aromatic N) is 2. The van der Waals surface area contributed by atoms with Gasteiger partial charge in [-0.15, -0.1) is 0 Å². The molecule has 2 bridgehead atoms. The number of carbonyl (C=O) groups excluding carboxylic acids is 3. The highest BCUT2D eigenvalue weighted by molar-refractivity contribution is 6.39. The highest BCUT2D eigenvalue weighted by Crippen LogP contribution is 2.74. The van der Waals surface area contributed by atoms with Gasteiger partial charge in [0.25, 0.3) is 5.69 Å². The number of rotatable bonds is 8. The van der Waals surface area contributed by atoms with Gasteiger partial charge in [-0.25, -0.2) is 4.90 Å². The first-order valence-corrected chi connectivity index (χ1v) is 16.5. The van der Waals surface area contributed by atoms with E-state index in [-0.39, 0.29) is 17.2 Å². The lowest BCUT2D eigenvalue weighted by atomic mass is 9.59. The van der Waals surface area contributed by atoms with Crippen molar-refractivity contribution in [3.8, 4) is 11.5 Å². The molecule has 1 aliphatic heterocycles. The van der Waals surface area contributed by atoms with E-state index < -0.39 is 39.4 Å². The molecule has 2 fully saturated rings. The Hall–Kier alpha value is -6.35. The van der Waals surface area contributed by atoms with Crippen LogP contribution in [0.4, 0.5) is 11.4 Å². The summed E-state index contributed by atoms with van der Waals surface area (Å²) in [7, 11) is 3.14. The highest BCUT2D eigenvalue weighted by atomic mass is 16.6. The van der Waals surface area contributed by atoms with E-state index in [0.29, 0.717) is 50.5 Å². The molecular formula is C42H32N2O7. The number of anilines is 1. The van der Waals surface area contributed by atoms with Crippen molar-refractivity contribution in [1.82, 2.24) is 0 Å². The number of allylic oxidation sites excluding steroid dienone is 2. The second-order valence-electron chi connectivity index (χ2n) is 13.1. The first-order valence-electron chi connectivity index (χ1n) is 16.5. The smallest absolute Gasteiger partial charge is 0.293 e. The van der Waals surface area contributed by atoms with Gasteiger partial charge in [0.15, 0.2) is 5.78 Å². The maximum Gasteiger partial charge on any atom is 0.293 e. The minimum atomic E-state index is -1.66. The van der Waals surface area contributed by atoms with Gasteiger partial charge in [-0.3, -0.25) is 24.5 Å². The molecule has 1 saturated carbocycles. The van der Waals surface area contributed by atoms with Gasteiger partial charge in [-0.05, 0) is 76.2 Å².